The van der Waals surface area contributed by atoms with Crippen LogP contribution < -0.4 is 5.32 Å². The molecular formula is C17H20BrN3O2. The molecule has 2 rings (SSSR count). The molecule has 1 fully saturated rings. The van der Waals surface area contributed by atoms with Crippen molar-refractivity contribution in [1.29, 1.82) is 5.26 Å². The molecule has 1 aliphatic rings. The molecule has 1 heterocycles. The molecule has 0 radical (unpaired) electrons. The van der Waals surface area contributed by atoms with Gasteiger partial charge in [-0.25, -0.2) is 0 Å². The predicted octanol–water partition coefficient (Wildman–Crippen LogP) is 2.26. The average Bonchev–Trinajstić information content (AvgIpc) is 2.56. The summed E-state index contributed by atoms with van der Waals surface area (Å²) in [5.74, 6) is 0.300. The van der Waals surface area contributed by atoms with Gasteiger partial charge in [0.15, 0.2) is 0 Å². The molecule has 6 heteroatoms. The molecule has 2 amide bonds. The molecule has 1 saturated heterocycles. The summed E-state index contributed by atoms with van der Waals surface area (Å²) in [7, 11) is 0. The van der Waals surface area contributed by atoms with Gasteiger partial charge in [0.2, 0.25) is 11.8 Å². The molecule has 5 nitrogen and oxygen atoms in total. The summed E-state index contributed by atoms with van der Waals surface area (Å²) >= 11 is 3.47. The Morgan fingerprint density at radius 1 is 1.30 bits per heavy atom. The van der Waals surface area contributed by atoms with Gasteiger partial charge in [-0.05, 0) is 30.4 Å². The number of likely N-dealkylation sites (tertiary alicyclic amines) is 1. The van der Waals surface area contributed by atoms with Crippen molar-refractivity contribution in [2.75, 3.05) is 19.6 Å². The van der Waals surface area contributed by atoms with Crippen molar-refractivity contribution in [2.45, 2.75) is 25.7 Å². The Morgan fingerprint density at radius 2 is 2.00 bits per heavy atom. The number of rotatable bonds is 5. The van der Waals surface area contributed by atoms with E-state index in [2.05, 4.69) is 21.2 Å². The Hall–Kier alpha value is -1.87. The van der Waals surface area contributed by atoms with Crippen LogP contribution in [0.1, 0.15) is 24.8 Å². The van der Waals surface area contributed by atoms with Gasteiger partial charge in [-0.2, -0.15) is 5.26 Å². The Bertz CT molecular complexity index is 604. The third-order valence-corrected chi connectivity index (χ3v) is 4.87. The molecule has 0 aromatic heterocycles. The van der Waals surface area contributed by atoms with Crippen molar-refractivity contribution in [3.63, 3.8) is 0 Å². The maximum Gasteiger partial charge on any atom is 0.234 e. The normalized spacial score (nSPS) is 15.0. The molecule has 23 heavy (non-hydrogen) atoms. The maximum atomic E-state index is 12.4. The highest BCUT2D eigenvalue weighted by Gasteiger charge is 2.23. The number of nitrogens with zero attached hydrogens (tertiary/aromatic N) is 2. The van der Waals surface area contributed by atoms with Crippen molar-refractivity contribution in [2.24, 2.45) is 5.92 Å². The first-order valence-corrected chi connectivity index (χ1v) is 8.54. The van der Waals surface area contributed by atoms with E-state index in [-0.39, 0.29) is 18.2 Å². The number of amides is 2. The van der Waals surface area contributed by atoms with E-state index in [1.807, 2.05) is 35.2 Å². The molecule has 0 saturated carbocycles. The summed E-state index contributed by atoms with van der Waals surface area (Å²) in [5, 5.41) is 11.2. The van der Waals surface area contributed by atoms with Crippen LogP contribution in [-0.4, -0.2) is 36.3 Å². The SMILES string of the molecule is N#CCC(=O)NCC1CCN(C(=O)Cc2ccccc2Br)CC1. The Kier molecular flexibility index (Phi) is 6.60. The molecule has 0 unspecified atom stereocenters. The van der Waals surface area contributed by atoms with E-state index in [1.165, 1.54) is 0 Å². The summed E-state index contributed by atoms with van der Waals surface area (Å²) in [4.78, 5) is 25.6. The first-order chi connectivity index (χ1) is 11.1. The maximum absolute atomic E-state index is 12.4. The zero-order valence-electron chi connectivity index (χ0n) is 12.9. The molecule has 1 N–H and O–H groups in total. The Morgan fingerprint density at radius 3 is 2.65 bits per heavy atom. The van der Waals surface area contributed by atoms with E-state index in [1.54, 1.807) is 0 Å². The number of nitrogens with one attached hydrogen (secondary N) is 1. The number of carbonyl (C=O) groups excluding carboxylic acids is 2. The molecule has 122 valence electrons. The number of hydrogen-bond acceptors (Lipinski definition) is 3. The number of nitriles is 1. The van der Waals surface area contributed by atoms with Gasteiger partial charge in [0, 0.05) is 24.1 Å². The minimum Gasteiger partial charge on any atom is -0.355 e. The van der Waals surface area contributed by atoms with Crippen molar-refractivity contribution in [1.82, 2.24) is 10.2 Å². The van der Waals surface area contributed by atoms with Crippen LogP contribution in [0.25, 0.3) is 0 Å². The number of benzene rings is 1. The summed E-state index contributed by atoms with van der Waals surface area (Å²) in [6, 6.07) is 9.61. The van der Waals surface area contributed by atoms with Crippen molar-refractivity contribution in [3.8, 4) is 6.07 Å². The first kappa shape index (κ1) is 17.5. The third kappa shape index (κ3) is 5.36. The first-order valence-electron chi connectivity index (χ1n) is 7.75. The smallest absolute Gasteiger partial charge is 0.234 e. The molecule has 0 aliphatic carbocycles. The van der Waals surface area contributed by atoms with Crippen LogP contribution in [-0.2, 0) is 16.0 Å². The molecule has 1 aromatic rings. The second-order valence-corrected chi connectivity index (χ2v) is 6.59. The van der Waals surface area contributed by atoms with Gasteiger partial charge in [-0.1, -0.05) is 34.1 Å². The van der Waals surface area contributed by atoms with Gasteiger partial charge in [0.1, 0.15) is 6.42 Å². The fourth-order valence-electron chi connectivity index (χ4n) is 2.70. The standard InChI is InChI=1S/C17H20BrN3O2/c18-15-4-2-1-3-14(15)11-17(23)21-9-6-13(7-10-21)12-20-16(22)5-8-19/h1-4,13H,5-7,9-12H2,(H,20,22). The van der Waals surface area contributed by atoms with Gasteiger partial charge in [0.05, 0.1) is 12.5 Å². The Labute approximate surface area is 144 Å². The van der Waals surface area contributed by atoms with E-state index in [0.717, 1.165) is 36.0 Å². The van der Waals surface area contributed by atoms with Gasteiger partial charge in [-0.3, -0.25) is 9.59 Å². The second-order valence-electron chi connectivity index (χ2n) is 5.73. The second kappa shape index (κ2) is 8.68. The monoisotopic (exact) mass is 377 g/mol. The average molecular weight is 378 g/mol. The lowest BCUT2D eigenvalue weighted by Gasteiger charge is -2.32. The van der Waals surface area contributed by atoms with Crippen LogP contribution in [0.2, 0.25) is 0 Å². The molecule has 0 atom stereocenters. The van der Waals surface area contributed by atoms with Gasteiger partial charge in [-0.15, -0.1) is 0 Å². The summed E-state index contributed by atoms with van der Waals surface area (Å²) in [6.07, 6.45) is 2.08. The van der Waals surface area contributed by atoms with Crippen LogP contribution in [0.3, 0.4) is 0 Å². The fraction of sp³-hybridized carbons (Fsp3) is 0.471. The highest BCUT2D eigenvalue weighted by Crippen LogP contribution is 2.20. The lowest BCUT2D eigenvalue weighted by atomic mass is 9.96. The van der Waals surface area contributed by atoms with E-state index in [4.69, 9.17) is 5.26 Å². The summed E-state index contributed by atoms with van der Waals surface area (Å²) < 4.78 is 0.962. The number of piperidine rings is 1. The lowest BCUT2D eigenvalue weighted by molar-refractivity contribution is -0.132. The van der Waals surface area contributed by atoms with E-state index in [9.17, 15) is 9.59 Å². The van der Waals surface area contributed by atoms with Crippen molar-refractivity contribution in [3.05, 3.63) is 34.3 Å². The van der Waals surface area contributed by atoms with Crippen LogP contribution >= 0.6 is 15.9 Å². The van der Waals surface area contributed by atoms with Crippen LogP contribution in [0.15, 0.2) is 28.7 Å². The fourth-order valence-corrected chi connectivity index (χ4v) is 3.12. The van der Waals surface area contributed by atoms with Crippen LogP contribution in [0.4, 0.5) is 0 Å². The highest BCUT2D eigenvalue weighted by molar-refractivity contribution is 9.10. The minimum absolute atomic E-state index is 0.0940. The van der Waals surface area contributed by atoms with Crippen molar-refractivity contribution >= 4 is 27.7 Å². The zero-order chi connectivity index (χ0) is 16.7. The molecular weight excluding hydrogens is 358 g/mol. The molecule has 0 bridgehead atoms. The summed E-state index contributed by atoms with van der Waals surface area (Å²) in [5.41, 5.74) is 1.00. The van der Waals surface area contributed by atoms with Crippen LogP contribution in [0, 0.1) is 17.2 Å². The predicted molar refractivity (Wildman–Crippen MR) is 90.4 cm³/mol. The largest absolute Gasteiger partial charge is 0.355 e. The van der Waals surface area contributed by atoms with E-state index in [0.29, 0.717) is 18.9 Å². The van der Waals surface area contributed by atoms with Crippen molar-refractivity contribution < 1.29 is 9.59 Å². The molecule has 1 aromatic carbocycles. The topological polar surface area (TPSA) is 73.2 Å². The van der Waals surface area contributed by atoms with Gasteiger partial charge < -0.3 is 10.2 Å². The van der Waals surface area contributed by atoms with E-state index < -0.39 is 0 Å². The zero-order valence-corrected chi connectivity index (χ0v) is 14.5. The third-order valence-electron chi connectivity index (χ3n) is 4.09. The number of carbonyl (C=O) groups is 2. The summed E-state index contributed by atoms with van der Waals surface area (Å²) in [6.45, 7) is 2.04. The minimum atomic E-state index is -0.222. The molecule has 0 spiro atoms. The number of halogens is 1. The van der Waals surface area contributed by atoms with Gasteiger partial charge >= 0.3 is 0 Å². The highest BCUT2D eigenvalue weighted by atomic mass is 79.9. The van der Waals surface area contributed by atoms with Crippen LogP contribution in [0.5, 0.6) is 0 Å². The quantitative estimate of drug-likeness (QED) is 0.854. The lowest BCUT2D eigenvalue weighted by Crippen LogP contribution is -2.42. The number of hydrogen-bond donors (Lipinski definition) is 1. The van der Waals surface area contributed by atoms with Gasteiger partial charge in [0.25, 0.3) is 0 Å². The Balaban J connectivity index is 1.76. The van der Waals surface area contributed by atoms with E-state index >= 15 is 0 Å². The molecule has 1 aliphatic heterocycles.